The molecule has 0 radical (unpaired) electrons. The van der Waals surface area contributed by atoms with Crippen LogP contribution in [0.1, 0.15) is 39.3 Å². The predicted molar refractivity (Wildman–Crippen MR) is 102 cm³/mol. The fourth-order valence-electron chi connectivity index (χ4n) is 3.27. The summed E-state index contributed by atoms with van der Waals surface area (Å²) in [6, 6.07) is 1.20. The van der Waals surface area contributed by atoms with Crippen LogP contribution in [-0.2, 0) is 23.1 Å². The van der Waals surface area contributed by atoms with Crippen LogP contribution in [0.25, 0.3) is 0 Å². The van der Waals surface area contributed by atoms with Crippen LogP contribution in [0.5, 0.6) is 0 Å². The van der Waals surface area contributed by atoms with Crippen molar-refractivity contribution >= 4 is 7.60 Å². The second kappa shape index (κ2) is 10.5. The molecule has 1 saturated heterocycles. The molecule has 2 rings (SSSR count). The molecule has 2 heterocycles. The normalized spacial score (nSPS) is 25.3. The van der Waals surface area contributed by atoms with E-state index < -0.39 is 43.4 Å². The second-order valence-electron chi connectivity index (χ2n) is 6.44. The van der Waals surface area contributed by atoms with Crippen molar-refractivity contribution in [2.75, 3.05) is 26.5 Å². The molecule has 0 saturated carbocycles. The highest BCUT2D eigenvalue weighted by Crippen LogP contribution is 2.48. The Labute approximate surface area is 163 Å². The van der Waals surface area contributed by atoms with Crippen molar-refractivity contribution in [2.24, 2.45) is 0 Å². The molecule has 0 spiro atoms. The summed E-state index contributed by atoms with van der Waals surface area (Å²) in [6.45, 7) is 4.15. The van der Waals surface area contributed by atoms with Crippen molar-refractivity contribution in [3.05, 3.63) is 33.1 Å². The Morgan fingerprint density at radius 1 is 1.25 bits per heavy atom. The lowest BCUT2D eigenvalue weighted by atomic mass is 10.1. The van der Waals surface area contributed by atoms with Crippen LogP contribution < -0.4 is 11.2 Å². The standard InChI is InChI=1S/C17H29N2O8P/c1-4-25-28(23,26-5-2)11-7-6-8-12-14(21)15(24-3)16(27-12)19-10-9-13(20)18-17(19)22/h9-10,12,14-16,21H,4-8,11H2,1-3H3,(H,18,20,22)/t12-,14?,15?,16-/m1/s1. The number of nitrogens with zero attached hydrogens (tertiary/aromatic N) is 1. The van der Waals surface area contributed by atoms with Gasteiger partial charge in [-0.1, -0.05) is 6.42 Å². The molecule has 1 aromatic heterocycles. The molecule has 1 aromatic rings. The summed E-state index contributed by atoms with van der Waals surface area (Å²) < 4.78 is 35.3. The van der Waals surface area contributed by atoms with Crippen molar-refractivity contribution in [3.8, 4) is 0 Å². The van der Waals surface area contributed by atoms with Crippen LogP contribution >= 0.6 is 7.60 Å². The molecular weight excluding hydrogens is 391 g/mol. The van der Waals surface area contributed by atoms with Gasteiger partial charge in [0.15, 0.2) is 6.23 Å². The number of hydrogen-bond acceptors (Lipinski definition) is 8. The zero-order valence-corrected chi connectivity index (χ0v) is 17.3. The van der Waals surface area contributed by atoms with Crippen molar-refractivity contribution in [2.45, 2.75) is 57.6 Å². The third kappa shape index (κ3) is 5.62. The molecule has 4 atom stereocenters. The predicted octanol–water partition coefficient (Wildman–Crippen LogP) is 1.25. The first-order valence-corrected chi connectivity index (χ1v) is 11.1. The van der Waals surface area contributed by atoms with Gasteiger partial charge in [-0.05, 0) is 26.7 Å². The minimum absolute atomic E-state index is 0.286. The van der Waals surface area contributed by atoms with Gasteiger partial charge in [0.05, 0.1) is 25.5 Å². The SMILES string of the molecule is CCOP(=O)(CCCC[C@H]1O[C@@H](n2ccc(=O)[nH]c2=O)C(OC)C1O)OCC. The Morgan fingerprint density at radius 3 is 2.50 bits per heavy atom. The molecule has 10 nitrogen and oxygen atoms in total. The number of aliphatic hydroxyl groups excluding tert-OH is 1. The lowest BCUT2D eigenvalue weighted by Crippen LogP contribution is -2.38. The molecule has 11 heteroatoms. The lowest BCUT2D eigenvalue weighted by Gasteiger charge is -2.20. The molecule has 1 aliphatic heterocycles. The number of H-pyrrole nitrogens is 1. The molecule has 0 bridgehead atoms. The molecule has 2 unspecified atom stereocenters. The highest BCUT2D eigenvalue weighted by molar-refractivity contribution is 7.53. The molecule has 28 heavy (non-hydrogen) atoms. The highest BCUT2D eigenvalue weighted by atomic mass is 31.2. The Hall–Kier alpha value is -1.29. The minimum Gasteiger partial charge on any atom is -0.388 e. The monoisotopic (exact) mass is 420 g/mol. The van der Waals surface area contributed by atoms with Crippen LogP contribution in [0, 0.1) is 0 Å². The topological polar surface area (TPSA) is 129 Å². The number of aromatic nitrogens is 2. The molecule has 160 valence electrons. The van der Waals surface area contributed by atoms with Crippen molar-refractivity contribution in [1.29, 1.82) is 0 Å². The van der Waals surface area contributed by atoms with E-state index >= 15 is 0 Å². The maximum Gasteiger partial charge on any atom is 0.330 e. The van der Waals surface area contributed by atoms with Crippen LogP contribution in [-0.4, -0.2) is 59.5 Å². The average Bonchev–Trinajstić information content (AvgIpc) is 2.94. The van der Waals surface area contributed by atoms with Gasteiger partial charge < -0.3 is 23.6 Å². The third-order valence-corrected chi connectivity index (χ3v) is 6.70. The smallest absolute Gasteiger partial charge is 0.330 e. The van der Waals surface area contributed by atoms with Gasteiger partial charge in [-0.2, -0.15) is 0 Å². The molecule has 0 aliphatic carbocycles. The molecule has 2 N–H and O–H groups in total. The van der Waals surface area contributed by atoms with Crippen LogP contribution in [0.15, 0.2) is 21.9 Å². The molecule has 0 amide bonds. The fraction of sp³-hybridized carbons (Fsp3) is 0.765. The van der Waals surface area contributed by atoms with Crippen LogP contribution in [0.3, 0.4) is 0 Å². The van der Waals surface area contributed by atoms with Gasteiger partial charge in [0.25, 0.3) is 5.56 Å². The Balaban J connectivity index is 1.97. The van der Waals surface area contributed by atoms with E-state index in [1.54, 1.807) is 13.8 Å². The van der Waals surface area contributed by atoms with Gasteiger partial charge in [-0.25, -0.2) is 4.79 Å². The van der Waals surface area contributed by atoms with E-state index in [2.05, 4.69) is 4.98 Å². The number of ether oxygens (including phenoxy) is 2. The van der Waals surface area contributed by atoms with E-state index in [-0.39, 0.29) is 6.16 Å². The summed E-state index contributed by atoms with van der Waals surface area (Å²) in [5.74, 6) is 0. The average molecular weight is 420 g/mol. The quantitative estimate of drug-likeness (QED) is 0.404. The van der Waals surface area contributed by atoms with E-state index in [4.69, 9.17) is 18.5 Å². The summed E-state index contributed by atoms with van der Waals surface area (Å²) in [5, 5.41) is 10.5. The lowest BCUT2D eigenvalue weighted by molar-refractivity contribution is -0.0551. The van der Waals surface area contributed by atoms with Gasteiger partial charge in [0.1, 0.15) is 12.2 Å². The van der Waals surface area contributed by atoms with Gasteiger partial charge >= 0.3 is 13.3 Å². The summed E-state index contributed by atoms with van der Waals surface area (Å²) >= 11 is 0. The number of rotatable bonds is 11. The van der Waals surface area contributed by atoms with Gasteiger partial charge in [-0.15, -0.1) is 0 Å². The Bertz CT molecular complexity index is 769. The zero-order chi connectivity index (χ0) is 20.7. The summed E-state index contributed by atoms with van der Waals surface area (Å²) in [7, 11) is -1.67. The van der Waals surface area contributed by atoms with E-state index in [0.717, 1.165) is 0 Å². The number of aliphatic hydroxyl groups is 1. The number of aromatic amines is 1. The summed E-state index contributed by atoms with van der Waals surface area (Å²) in [5.41, 5.74) is -1.15. The van der Waals surface area contributed by atoms with Gasteiger partial charge in [-0.3, -0.25) is 18.9 Å². The van der Waals surface area contributed by atoms with Crippen molar-refractivity contribution in [1.82, 2.24) is 9.55 Å². The van der Waals surface area contributed by atoms with Crippen molar-refractivity contribution < 1.29 is 28.2 Å². The first-order chi connectivity index (χ1) is 13.3. The Kier molecular flexibility index (Phi) is 8.60. The maximum atomic E-state index is 12.5. The third-order valence-electron chi connectivity index (χ3n) is 4.53. The maximum absolute atomic E-state index is 12.5. The molecule has 0 aromatic carbocycles. The molecule has 1 fully saturated rings. The van der Waals surface area contributed by atoms with Gasteiger partial charge in [0, 0.05) is 19.4 Å². The van der Waals surface area contributed by atoms with E-state index in [0.29, 0.717) is 32.5 Å². The number of hydrogen-bond donors (Lipinski definition) is 2. The molecular formula is C17H29N2O8P. The molecule has 1 aliphatic rings. The Morgan fingerprint density at radius 2 is 1.93 bits per heavy atom. The van der Waals surface area contributed by atoms with Gasteiger partial charge in [0.2, 0.25) is 0 Å². The van der Waals surface area contributed by atoms with Crippen LogP contribution in [0.2, 0.25) is 0 Å². The van der Waals surface area contributed by atoms with E-state index in [9.17, 15) is 19.3 Å². The second-order valence-corrected chi connectivity index (χ2v) is 8.62. The zero-order valence-electron chi connectivity index (χ0n) is 16.4. The first kappa shape index (κ1) is 23.0. The van der Waals surface area contributed by atoms with E-state index in [1.807, 2.05) is 0 Å². The van der Waals surface area contributed by atoms with Crippen LogP contribution in [0.4, 0.5) is 0 Å². The van der Waals surface area contributed by atoms with Crippen molar-refractivity contribution in [3.63, 3.8) is 0 Å². The number of unbranched alkanes of at least 4 members (excludes halogenated alkanes) is 1. The highest BCUT2D eigenvalue weighted by Gasteiger charge is 2.45. The number of methoxy groups -OCH3 is 1. The summed E-state index contributed by atoms with van der Waals surface area (Å²) in [6.07, 6.45) is 0.154. The largest absolute Gasteiger partial charge is 0.388 e. The first-order valence-electron chi connectivity index (χ1n) is 9.41. The minimum atomic E-state index is -3.09. The summed E-state index contributed by atoms with van der Waals surface area (Å²) in [4.78, 5) is 25.4. The van der Waals surface area contributed by atoms with E-state index in [1.165, 1.54) is 23.9 Å². The number of nitrogens with one attached hydrogen (secondary N) is 1. The fourth-order valence-corrected chi connectivity index (χ4v) is 5.00.